The van der Waals surface area contributed by atoms with E-state index in [0.29, 0.717) is 41.5 Å². The number of halogens is 5. The third-order valence-electron chi connectivity index (χ3n) is 7.28. The first-order chi connectivity index (χ1) is 21.2. The summed E-state index contributed by atoms with van der Waals surface area (Å²) in [6, 6.07) is 9.47. The Balaban J connectivity index is 1.34. The van der Waals surface area contributed by atoms with Gasteiger partial charge in [0.15, 0.2) is 17.3 Å². The number of aromatic nitrogens is 7. The molecule has 44 heavy (non-hydrogen) atoms. The van der Waals surface area contributed by atoms with Crippen molar-refractivity contribution in [3.63, 3.8) is 0 Å². The van der Waals surface area contributed by atoms with E-state index in [-0.39, 0.29) is 42.8 Å². The number of hydrogen-bond donors (Lipinski definition) is 1. The molecule has 11 nitrogen and oxygen atoms in total. The summed E-state index contributed by atoms with van der Waals surface area (Å²) in [5.41, 5.74) is 0.510. The number of imidazole rings is 1. The quantitative estimate of drug-likeness (QED) is 0.246. The molecule has 1 N–H and O–H groups in total. The molecule has 7 rings (SSSR count). The van der Waals surface area contributed by atoms with Crippen molar-refractivity contribution in [1.82, 2.24) is 34.5 Å². The minimum atomic E-state index is -4.78. The van der Waals surface area contributed by atoms with Gasteiger partial charge in [0, 0.05) is 11.6 Å². The van der Waals surface area contributed by atoms with Crippen molar-refractivity contribution < 1.29 is 36.2 Å². The average molecular weight is 615 g/mol. The van der Waals surface area contributed by atoms with Crippen LogP contribution in [-0.2, 0) is 28.7 Å². The Bertz CT molecular complexity index is 1850. The van der Waals surface area contributed by atoms with Crippen LogP contribution < -0.4 is 10.1 Å². The molecule has 228 valence electrons. The molecule has 0 unspecified atom stereocenters. The summed E-state index contributed by atoms with van der Waals surface area (Å²) in [4.78, 5) is 8.86. The topological polar surface area (TPSA) is 114 Å². The summed E-state index contributed by atoms with van der Waals surface area (Å²) in [7, 11) is 0. The number of aryl methyl sites for hydroxylation is 1. The van der Waals surface area contributed by atoms with Crippen LogP contribution in [0.1, 0.15) is 34.6 Å². The largest absolute Gasteiger partial charge is 0.483 e. The molecule has 0 radical (unpaired) electrons. The van der Waals surface area contributed by atoms with Crippen molar-refractivity contribution in [2.45, 2.75) is 38.7 Å². The molecule has 1 saturated heterocycles. The van der Waals surface area contributed by atoms with Gasteiger partial charge in [0.2, 0.25) is 0 Å². The smallest absolute Gasteiger partial charge is 0.435 e. The van der Waals surface area contributed by atoms with E-state index in [0.717, 1.165) is 16.4 Å². The van der Waals surface area contributed by atoms with E-state index >= 15 is 0 Å². The monoisotopic (exact) mass is 614 g/mol. The third kappa shape index (κ3) is 5.09. The van der Waals surface area contributed by atoms with Crippen LogP contribution in [0.5, 0.6) is 5.75 Å². The van der Waals surface area contributed by atoms with Crippen molar-refractivity contribution in [2.24, 2.45) is 0 Å². The zero-order valence-electron chi connectivity index (χ0n) is 23.0. The maximum atomic E-state index is 14.2. The summed E-state index contributed by atoms with van der Waals surface area (Å²) in [5.74, 6) is 0.607. The fraction of sp³-hybridized carbons (Fsp3) is 0.321. The number of ether oxygens (including phenoxy) is 3. The van der Waals surface area contributed by atoms with Crippen molar-refractivity contribution in [2.75, 3.05) is 25.1 Å². The molecular weight excluding hydrogens is 591 g/mol. The van der Waals surface area contributed by atoms with E-state index in [2.05, 4.69) is 30.6 Å². The van der Waals surface area contributed by atoms with Crippen molar-refractivity contribution in [3.05, 3.63) is 70.9 Å². The predicted molar refractivity (Wildman–Crippen MR) is 145 cm³/mol. The van der Waals surface area contributed by atoms with Gasteiger partial charge in [-0.15, -0.1) is 5.10 Å². The lowest BCUT2D eigenvalue weighted by Gasteiger charge is -2.27. The number of pyridine rings is 1. The third-order valence-corrected chi connectivity index (χ3v) is 7.28. The molecule has 5 aromatic rings. The maximum absolute atomic E-state index is 14.2. The van der Waals surface area contributed by atoms with Gasteiger partial charge in [-0.1, -0.05) is 0 Å². The number of nitrogens with one attached hydrogen (secondary N) is 1. The molecule has 1 aromatic carbocycles. The Labute approximate surface area is 245 Å². The van der Waals surface area contributed by atoms with Gasteiger partial charge in [0.25, 0.3) is 6.43 Å². The van der Waals surface area contributed by atoms with Gasteiger partial charge >= 0.3 is 6.18 Å². The predicted octanol–water partition coefficient (Wildman–Crippen LogP) is 5.25. The maximum Gasteiger partial charge on any atom is 0.435 e. The zero-order chi connectivity index (χ0) is 30.6. The van der Waals surface area contributed by atoms with Gasteiger partial charge in [-0.05, 0) is 43.7 Å². The van der Waals surface area contributed by atoms with Crippen LogP contribution in [0, 0.1) is 6.92 Å². The molecule has 2 aliphatic heterocycles. The van der Waals surface area contributed by atoms with Gasteiger partial charge in [-0.2, -0.15) is 23.4 Å². The van der Waals surface area contributed by atoms with Crippen molar-refractivity contribution in [1.29, 1.82) is 0 Å². The van der Waals surface area contributed by atoms with E-state index in [4.69, 9.17) is 14.2 Å². The Morgan fingerprint density at radius 1 is 1.07 bits per heavy atom. The molecule has 0 saturated carbocycles. The Morgan fingerprint density at radius 2 is 1.91 bits per heavy atom. The number of hydrogen-bond acceptors (Lipinski definition) is 9. The lowest BCUT2D eigenvalue weighted by Crippen LogP contribution is -2.38. The first-order valence-electron chi connectivity index (χ1n) is 13.5. The number of rotatable bonds is 7. The number of fused-ring (bicyclic) bond motifs is 2. The normalized spacial score (nSPS) is 15.4. The van der Waals surface area contributed by atoms with Crippen LogP contribution in [0.25, 0.3) is 22.7 Å². The van der Waals surface area contributed by atoms with Crippen LogP contribution in [-0.4, -0.2) is 60.4 Å². The summed E-state index contributed by atoms with van der Waals surface area (Å²) in [5, 5.41) is 15.1. The minimum Gasteiger partial charge on any atom is -0.483 e. The second-order valence-corrected chi connectivity index (χ2v) is 10.3. The highest BCUT2D eigenvalue weighted by atomic mass is 19.4. The summed E-state index contributed by atoms with van der Waals surface area (Å²) in [6.07, 6.45) is -6.63. The minimum absolute atomic E-state index is 0.0268. The molecule has 0 aliphatic carbocycles. The molecule has 1 fully saturated rings. The van der Waals surface area contributed by atoms with E-state index in [1.54, 1.807) is 24.3 Å². The van der Waals surface area contributed by atoms with Gasteiger partial charge in [-0.25, -0.2) is 23.4 Å². The number of nitrogens with zero attached hydrogens (tertiary/aromatic N) is 7. The van der Waals surface area contributed by atoms with Gasteiger partial charge in [0.05, 0.1) is 60.1 Å². The molecule has 0 amide bonds. The van der Waals surface area contributed by atoms with Gasteiger partial charge in [-0.3, -0.25) is 4.57 Å². The van der Waals surface area contributed by atoms with E-state index < -0.39 is 29.7 Å². The standard InChI is InChI=1S/C28H23F5N8O3/c1-14-2-4-23(38-37-14)35-19-8-18-20(9-22(19)44-15-10-43-11-15)40(13-34-18)24-5-3-17(26(29)30)27(36-24)41-21-12-42-7-6-16(21)25(39-41)28(31,32)33/h2-5,8-9,13,15,26H,6-7,10-12H2,1H3,(H,35,38). The Morgan fingerprint density at radius 3 is 2.61 bits per heavy atom. The lowest BCUT2D eigenvalue weighted by molar-refractivity contribution is -0.142. The van der Waals surface area contributed by atoms with E-state index in [1.165, 1.54) is 17.0 Å². The molecule has 2 aliphatic rings. The van der Waals surface area contributed by atoms with E-state index in [1.807, 2.05) is 6.92 Å². The van der Waals surface area contributed by atoms with Gasteiger partial charge < -0.3 is 19.5 Å². The highest BCUT2D eigenvalue weighted by molar-refractivity contribution is 5.86. The summed E-state index contributed by atoms with van der Waals surface area (Å²) in [6.45, 7) is 2.45. The second kappa shape index (κ2) is 10.8. The van der Waals surface area contributed by atoms with E-state index in [9.17, 15) is 22.0 Å². The molecule has 4 aromatic heterocycles. The van der Waals surface area contributed by atoms with Crippen LogP contribution in [0.3, 0.4) is 0 Å². The highest BCUT2D eigenvalue weighted by Crippen LogP contribution is 2.38. The Hall–Kier alpha value is -4.70. The first kappa shape index (κ1) is 28.1. The first-order valence-corrected chi connectivity index (χ1v) is 13.5. The second-order valence-electron chi connectivity index (χ2n) is 10.3. The lowest BCUT2D eigenvalue weighted by atomic mass is 10.1. The summed E-state index contributed by atoms with van der Waals surface area (Å²) >= 11 is 0. The molecule has 0 bridgehead atoms. The molecule has 0 spiro atoms. The molecule has 16 heteroatoms. The zero-order valence-corrected chi connectivity index (χ0v) is 23.0. The van der Waals surface area contributed by atoms with Crippen LogP contribution in [0.2, 0.25) is 0 Å². The number of anilines is 2. The number of alkyl halides is 5. The summed E-state index contributed by atoms with van der Waals surface area (Å²) < 4.78 is 89.0. The SMILES string of the molecule is Cc1ccc(Nc2cc3ncn(-c4ccc(C(F)F)c(-n5nc(C(F)(F)F)c6c5COCC6)n4)c3cc2OC2COC2)nn1. The fourth-order valence-corrected chi connectivity index (χ4v) is 5.04. The molecular formula is C28H23F5N8O3. The fourth-order valence-electron chi connectivity index (χ4n) is 5.04. The van der Waals surface area contributed by atoms with Gasteiger partial charge in [0.1, 0.15) is 24.0 Å². The van der Waals surface area contributed by atoms with Crippen LogP contribution in [0.15, 0.2) is 42.7 Å². The average Bonchev–Trinajstić information content (AvgIpc) is 3.57. The molecule has 0 atom stereocenters. The molecule has 6 heterocycles. The van der Waals surface area contributed by atoms with Crippen LogP contribution >= 0.6 is 0 Å². The van der Waals surface area contributed by atoms with Crippen LogP contribution in [0.4, 0.5) is 33.5 Å². The Kier molecular flexibility index (Phi) is 6.88. The van der Waals surface area contributed by atoms with Crippen molar-refractivity contribution in [3.8, 4) is 17.4 Å². The van der Waals surface area contributed by atoms with Crippen molar-refractivity contribution >= 4 is 22.5 Å². The number of benzene rings is 1. The highest BCUT2D eigenvalue weighted by Gasteiger charge is 2.40.